The summed E-state index contributed by atoms with van der Waals surface area (Å²) in [5.41, 5.74) is 3.64. The number of aryl methyl sites for hydroxylation is 2. The molecule has 1 amide bonds. The van der Waals surface area contributed by atoms with Gasteiger partial charge in [0.1, 0.15) is 11.6 Å². The predicted molar refractivity (Wildman–Crippen MR) is 131 cm³/mol. The van der Waals surface area contributed by atoms with Gasteiger partial charge in [0.05, 0.1) is 17.6 Å². The lowest BCUT2D eigenvalue weighted by Crippen LogP contribution is -2.24. The van der Waals surface area contributed by atoms with Gasteiger partial charge in [-0.3, -0.25) is 4.79 Å². The summed E-state index contributed by atoms with van der Waals surface area (Å²) in [7, 11) is 0. The van der Waals surface area contributed by atoms with Crippen molar-refractivity contribution in [3.63, 3.8) is 0 Å². The Morgan fingerprint density at radius 3 is 2.53 bits per heavy atom. The number of ether oxygens (including phenoxy) is 1. The monoisotopic (exact) mass is 435 g/mol. The van der Waals surface area contributed by atoms with Gasteiger partial charge in [-0.1, -0.05) is 52.0 Å². The fourth-order valence-corrected chi connectivity index (χ4v) is 3.82. The van der Waals surface area contributed by atoms with Crippen LogP contribution in [0.15, 0.2) is 48.5 Å². The molecule has 0 saturated carbocycles. The lowest BCUT2D eigenvalue weighted by molar-refractivity contribution is -0.121. The number of carbonyl (C=O) groups is 1. The number of aromatic nitrogens is 2. The van der Waals surface area contributed by atoms with Gasteiger partial charge in [-0.2, -0.15) is 0 Å². The van der Waals surface area contributed by atoms with Gasteiger partial charge in [0.25, 0.3) is 0 Å². The summed E-state index contributed by atoms with van der Waals surface area (Å²) in [4.78, 5) is 16.5. The molecule has 0 saturated heterocycles. The summed E-state index contributed by atoms with van der Waals surface area (Å²) in [5, 5.41) is 2.99. The van der Waals surface area contributed by atoms with E-state index in [1.165, 1.54) is 5.56 Å². The maximum Gasteiger partial charge on any atom is 0.219 e. The van der Waals surface area contributed by atoms with Crippen LogP contribution >= 0.6 is 0 Å². The number of amides is 1. The number of rotatable bonds is 11. The molecule has 0 aliphatic heterocycles. The highest BCUT2D eigenvalue weighted by Crippen LogP contribution is 2.24. The smallest absolute Gasteiger partial charge is 0.219 e. The van der Waals surface area contributed by atoms with Gasteiger partial charge >= 0.3 is 0 Å². The second-order valence-corrected chi connectivity index (χ2v) is 9.35. The highest BCUT2D eigenvalue weighted by molar-refractivity contribution is 5.76. The minimum absolute atomic E-state index is 0.133. The Hall–Kier alpha value is -2.82. The van der Waals surface area contributed by atoms with Crippen molar-refractivity contribution in [1.82, 2.24) is 14.9 Å². The summed E-state index contributed by atoms with van der Waals surface area (Å²) >= 11 is 0. The number of hydrogen-bond acceptors (Lipinski definition) is 3. The third kappa shape index (κ3) is 6.59. The first-order valence-electron chi connectivity index (χ1n) is 11.8. The van der Waals surface area contributed by atoms with E-state index in [1.807, 2.05) is 13.0 Å². The van der Waals surface area contributed by atoms with Crippen LogP contribution < -0.4 is 10.1 Å². The molecular weight excluding hydrogens is 398 g/mol. The van der Waals surface area contributed by atoms with Crippen molar-refractivity contribution in [2.24, 2.45) is 0 Å². The fourth-order valence-electron chi connectivity index (χ4n) is 3.82. The number of benzene rings is 2. The van der Waals surface area contributed by atoms with E-state index in [0.717, 1.165) is 54.8 Å². The highest BCUT2D eigenvalue weighted by atomic mass is 16.5. The van der Waals surface area contributed by atoms with Crippen molar-refractivity contribution in [2.45, 2.75) is 71.8 Å². The van der Waals surface area contributed by atoms with E-state index in [9.17, 15) is 4.79 Å². The molecule has 5 nitrogen and oxygen atoms in total. The van der Waals surface area contributed by atoms with Crippen LogP contribution in [0.2, 0.25) is 0 Å². The summed E-state index contributed by atoms with van der Waals surface area (Å²) in [6.07, 6.45) is 4.11. The summed E-state index contributed by atoms with van der Waals surface area (Å²) in [5.74, 6) is 2.12. The van der Waals surface area contributed by atoms with Crippen LogP contribution in [0.5, 0.6) is 5.75 Å². The van der Waals surface area contributed by atoms with Crippen molar-refractivity contribution in [3.8, 4) is 5.75 Å². The molecule has 32 heavy (non-hydrogen) atoms. The minimum Gasteiger partial charge on any atom is -0.494 e. The van der Waals surface area contributed by atoms with E-state index in [2.05, 4.69) is 73.1 Å². The zero-order chi connectivity index (χ0) is 23.0. The molecule has 1 heterocycles. The van der Waals surface area contributed by atoms with Crippen molar-refractivity contribution in [3.05, 3.63) is 59.9 Å². The van der Waals surface area contributed by atoms with Gasteiger partial charge in [0.2, 0.25) is 5.91 Å². The molecule has 2 aromatic carbocycles. The summed E-state index contributed by atoms with van der Waals surface area (Å²) in [6, 6.07) is 16.7. The van der Waals surface area contributed by atoms with Crippen LogP contribution in [0.25, 0.3) is 11.0 Å². The Balaban J connectivity index is 1.55. The zero-order valence-electron chi connectivity index (χ0n) is 20.0. The van der Waals surface area contributed by atoms with E-state index in [-0.39, 0.29) is 11.3 Å². The Morgan fingerprint density at radius 2 is 1.81 bits per heavy atom. The van der Waals surface area contributed by atoms with Crippen molar-refractivity contribution < 1.29 is 9.53 Å². The SMILES string of the molecule is CCCC(=O)NCCCc1nc2ccccc2n1CCCOc1ccc(C(C)(C)C)cc1. The largest absolute Gasteiger partial charge is 0.494 e. The number of imidazole rings is 1. The second kappa shape index (κ2) is 11.2. The Bertz CT molecular complexity index is 1000. The number of carbonyl (C=O) groups excluding carboxylic acids is 1. The quantitative estimate of drug-likeness (QED) is 0.396. The van der Waals surface area contributed by atoms with Crippen LogP contribution in [0, 0.1) is 0 Å². The molecule has 0 fully saturated rings. The van der Waals surface area contributed by atoms with E-state index < -0.39 is 0 Å². The molecule has 1 aromatic heterocycles. The first-order valence-corrected chi connectivity index (χ1v) is 11.8. The third-order valence-corrected chi connectivity index (χ3v) is 5.63. The van der Waals surface area contributed by atoms with Crippen LogP contribution in [-0.2, 0) is 23.2 Å². The molecule has 5 heteroatoms. The molecule has 0 radical (unpaired) electrons. The van der Waals surface area contributed by atoms with Crippen molar-refractivity contribution in [2.75, 3.05) is 13.2 Å². The molecule has 0 unspecified atom stereocenters. The van der Waals surface area contributed by atoms with E-state index in [0.29, 0.717) is 19.6 Å². The molecule has 0 aliphatic rings. The van der Waals surface area contributed by atoms with Gasteiger partial charge in [0, 0.05) is 25.9 Å². The number of nitrogens with one attached hydrogen (secondary N) is 1. The van der Waals surface area contributed by atoms with Crippen LogP contribution in [0.1, 0.15) is 64.8 Å². The number of fused-ring (bicyclic) bond motifs is 1. The average molecular weight is 436 g/mol. The highest BCUT2D eigenvalue weighted by Gasteiger charge is 2.13. The molecular formula is C27H37N3O2. The molecule has 0 atom stereocenters. The Labute approximate surface area is 192 Å². The summed E-state index contributed by atoms with van der Waals surface area (Å²) in [6.45, 7) is 10.9. The second-order valence-electron chi connectivity index (χ2n) is 9.35. The fraction of sp³-hybridized carbons (Fsp3) is 0.481. The third-order valence-electron chi connectivity index (χ3n) is 5.63. The number of para-hydroxylation sites is 2. The van der Waals surface area contributed by atoms with Gasteiger partial charge in [-0.05, 0) is 54.5 Å². The van der Waals surface area contributed by atoms with Crippen molar-refractivity contribution in [1.29, 1.82) is 0 Å². The maximum absolute atomic E-state index is 11.7. The molecule has 3 aromatic rings. The normalized spacial score (nSPS) is 11.6. The predicted octanol–water partition coefficient (Wildman–Crippen LogP) is 5.65. The lowest BCUT2D eigenvalue weighted by Gasteiger charge is -2.19. The Kier molecular flexibility index (Phi) is 8.32. The average Bonchev–Trinajstić information content (AvgIpc) is 3.11. The molecule has 3 rings (SSSR count). The van der Waals surface area contributed by atoms with Gasteiger partial charge in [-0.25, -0.2) is 4.98 Å². The van der Waals surface area contributed by atoms with E-state index >= 15 is 0 Å². The molecule has 172 valence electrons. The maximum atomic E-state index is 11.7. The van der Waals surface area contributed by atoms with E-state index in [1.54, 1.807) is 0 Å². The minimum atomic E-state index is 0.133. The van der Waals surface area contributed by atoms with Crippen LogP contribution in [-0.4, -0.2) is 28.6 Å². The summed E-state index contributed by atoms with van der Waals surface area (Å²) < 4.78 is 8.29. The zero-order valence-corrected chi connectivity index (χ0v) is 20.0. The van der Waals surface area contributed by atoms with Crippen LogP contribution in [0.3, 0.4) is 0 Å². The van der Waals surface area contributed by atoms with Gasteiger partial charge in [0.15, 0.2) is 0 Å². The van der Waals surface area contributed by atoms with Gasteiger partial charge in [-0.15, -0.1) is 0 Å². The number of nitrogens with zero attached hydrogens (tertiary/aromatic N) is 2. The van der Waals surface area contributed by atoms with Gasteiger partial charge < -0.3 is 14.6 Å². The van der Waals surface area contributed by atoms with E-state index in [4.69, 9.17) is 9.72 Å². The van der Waals surface area contributed by atoms with Crippen molar-refractivity contribution >= 4 is 16.9 Å². The molecule has 0 aliphatic carbocycles. The molecule has 0 bridgehead atoms. The number of hydrogen-bond donors (Lipinski definition) is 1. The van der Waals surface area contributed by atoms with Crippen LogP contribution in [0.4, 0.5) is 0 Å². The Morgan fingerprint density at radius 1 is 1.06 bits per heavy atom. The molecule has 1 N–H and O–H groups in total. The first kappa shape index (κ1) is 23.8. The standard InChI is InChI=1S/C27H37N3O2/c1-5-10-26(31)28-18-8-13-25-29-23-11-6-7-12-24(23)30(25)19-9-20-32-22-16-14-21(15-17-22)27(2,3)4/h6-7,11-12,14-17H,5,8-10,13,18-20H2,1-4H3,(H,28,31). The topological polar surface area (TPSA) is 56.2 Å². The molecule has 0 spiro atoms. The first-order chi connectivity index (χ1) is 15.4. The lowest BCUT2D eigenvalue weighted by atomic mass is 9.87.